The average molecular weight is 421 g/mol. The molecule has 0 spiro atoms. The number of hydrogen-bond acceptors (Lipinski definition) is 6. The first-order valence-electron chi connectivity index (χ1n) is 7.50. The molecule has 2 aromatic heterocycles. The van der Waals surface area contributed by atoms with Gasteiger partial charge in [-0.25, -0.2) is 4.98 Å². The molecular weight excluding hydrogens is 411 g/mol. The van der Waals surface area contributed by atoms with Crippen LogP contribution in [0.25, 0.3) is 17.4 Å². The Morgan fingerprint density at radius 1 is 1.23 bits per heavy atom. The predicted octanol–water partition coefficient (Wildman–Crippen LogP) is 6.13. The molecule has 3 heterocycles. The van der Waals surface area contributed by atoms with E-state index in [1.54, 1.807) is 48.0 Å². The van der Waals surface area contributed by atoms with Crippen molar-refractivity contribution < 1.29 is 9.21 Å². The highest BCUT2D eigenvalue weighted by Gasteiger charge is 2.38. The van der Waals surface area contributed by atoms with Gasteiger partial charge in [0.05, 0.1) is 15.0 Å². The second-order valence-electron chi connectivity index (χ2n) is 5.47. The number of ketones is 1. The van der Waals surface area contributed by atoms with Gasteiger partial charge >= 0.3 is 0 Å². The van der Waals surface area contributed by atoms with Gasteiger partial charge in [-0.15, -0.1) is 11.3 Å². The Hall–Kier alpha value is -1.86. The number of thioether (sulfide) groups is 1. The minimum atomic E-state index is -0.608. The normalized spacial score (nSPS) is 18.8. The summed E-state index contributed by atoms with van der Waals surface area (Å²) in [5.41, 5.74) is 0.683. The largest absolute Gasteiger partial charge is 0.457 e. The summed E-state index contributed by atoms with van der Waals surface area (Å²) < 4.78 is 5.81. The molecule has 1 fully saturated rings. The molecule has 1 aliphatic rings. The lowest BCUT2D eigenvalue weighted by atomic mass is 10.1. The number of allylic oxidation sites excluding steroid dienone is 1. The monoisotopic (exact) mass is 420 g/mol. The Kier molecular flexibility index (Phi) is 4.75. The maximum Gasteiger partial charge on any atom is 0.186 e. The average Bonchev–Trinajstić information content (AvgIpc) is 3.33. The van der Waals surface area contributed by atoms with Crippen LogP contribution in [0.5, 0.6) is 0 Å². The van der Waals surface area contributed by atoms with Gasteiger partial charge in [-0.1, -0.05) is 35.0 Å². The van der Waals surface area contributed by atoms with Crippen molar-refractivity contribution in [1.82, 2.24) is 4.98 Å². The van der Waals surface area contributed by atoms with Crippen molar-refractivity contribution in [2.24, 2.45) is 0 Å². The Morgan fingerprint density at radius 3 is 2.85 bits per heavy atom. The van der Waals surface area contributed by atoms with Crippen molar-refractivity contribution in [3.63, 3.8) is 0 Å². The number of nitrogens with one attached hydrogen (secondary N) is 1. The van der Waals surface area contributed by atoms with Crippen LogP contribution in [0.4, 0.5) is 0 Å². The van der Waals surface area contributed by atoms with Crippen molar-refractivity contribution in [1.29, 1.82) is 5.41 Å². The third-order valence-electron chi connectivity index (χ3n) is 3.78. The van der Waals surface area contributed by atoms with Crippen LogP contribution in [0.3, 0.4) is 0 Å². The van der Waals surface area contributed by atoms with Crippen LogP contribution in [-0.4, -0.2) is 15.8 Å². The molecule has 8 heteroatoms. The summed E-state index contributed by atoms with van der Waals surface area (Å²) in [4.78, 5) is 17.3. The lowest BCUT2D eigenvalue weighted by Gasteiger charge is -2.01. The highest BCUT2D eigenvalue weighted by Crippen LogP contribution is 2.41. The van der Waals surface area contributed by atoms with Gasteiger partial charge in [-0.2, -0.15) is 0 Å². The van der Waals surface area contributed by atoms with Crippen LogP contribution in [0.1, 0.15) is 16.7 Å². The zero-order valence-electron chi connectivity index (χ0n) is 13.0. The number of benzene rings is 1. The molecule has 4 nitrogen and oxygen atoms in total. The first kappa shape index (κ1) is 17.5. The number of thiazole rings is 1. The zero-order valence-corrected chi connectivity index (χ0v) is 16.2. The summed E-state index contributed by atoms with van der Waals surface area (Å²) in [6.45, 7) is 0. The third kappa shape index (κ3) is 3.25. The summed E-state index contributed by atoms with van der Waals surface area (Å²) in [6.07, 6.45) is 3.29. The van der Waals surface area contributed by atoms with Gasteiger partial charge < -0.3 is 4.42 Å². The van der Waals surface area contributed by atoms with Gasteiger partial charge in [-0.05, 0) is 36.4 Å². The number of rotatable bonds is 3. The van der Waals surface area contributed by atoms with Crippen LogP contribution in [0, 0.1) is 5.41 Å². The topological polar surface area (TPSA) is 67.0 Å². The van der Waals surface area contributed by atoms with E-state index in [0.29, 0.717) is 37.0 Å². The molecule has 0 bridgehead atoms. The van der Waals surface area contributed by atoms with E-state index in [9.17, 15) is 4.79 Å². The Labute approximate surface area is 167 Å². The third-order valence-corrected chi connectivity index (χ3v) is 6.18. The number of hydrogen-bond donors (Lipinski definition) is 1. The molecular formula is C18H10Cl2N2O2S2. The zero-order chi connectivity index (χ0) is 18.3. The van der Waals surface area contributed by atoms with E-state index in [4.69, 9.17) is 33.0 Å². The molecule has 0 aliphatic carbocycles. The number of Topliss-reactive ketones (excluding diaryl/α,β-unsaturated/α-hetero) is 1. The van der Waals surface area contributed by atoms with Crippen molar-refractivity contribution >= 4 is 63.2 Å². The quantitative estimate of drug-likeness (QED) is 0.517. The van der Waals surface area contributed by atoms with E-state index in [2.05, 4.69) is 4.98 Å². The summed E-state index contributed by atoms with van der Waals surface area (Å²) >= 11 is 14.7. The van der Waals surface area contributed by atoms with Crippen molar-refractivity contribution in [3.8, 4) is 11.3 Å². The smallest absolute Gasteiger partial charge is 0.186 e. The second kappa shape index (κ2) is 7.04. The highest BCUT2D eigenvalue weighted by molar-refractivity contribution is 8.19. The van der Waals surface area contributed by atoms with E-state index in [1.807, 2.05) is 0 Å². The SMILES string of the molecule is N=C1S/C(=C\c2ccc(-c3cc(Cl)ccc3Cl)o2)C(=O)[C@H]1c1nccs1. The van der Waals surface area contributed by atoms with Gasteiger partial charge in [0, 0.05) is 22.2 Å². The molecule has 0 radical (unpaired) electrons. The fraction of sp³-hybridized carbons (Fsp3) is 0.0556. The van der Waals surface area contributed by atoms with Gasteiger partial charge in [0.25, 0.3) is 0 Å². The minimum Gasteiger partial charge on any atom is -0.457 e. The van der Waals surface area contributed by atoms with Gasteiger partial charge in [-0.3, -0.25) is 10.2 Å². The molecule has 1 aromatic carbocycles. The lowest BCUT2D eigenvalue weighted by molar-refractivity contribution is -0.114. The molecule has 0 saturated carbocycles. The number of aromatic nitrogens is 1. The molecule has 0 amide bonds. The van der Waals surface area contributed by atoms with Gasteiger partial charge in [0.1, 0.15) is 22.4 Å². The second-order valence-corrected chi connectivity index (χ2v) is 8.32. The fourth-order valence-corrected chi connectivity index (χ4v) is 4.75. The van der Waals surface area contributed by atoms with Crippen molar-refractivity contribution in [2.75, 3.05) is 0 Å². The van der Waals surface area contributed by atoms with Crippen molar-refractivity contribution in [3.05, 3.63) is 67.6 Å². The van der Waals surface area contributed by atoms with E-state index in [1.165, 1.54) is 11.3 Å². The van der Waals surface area contributed by atoms with Crippen LogP contribution >= 0.6 is 46.3 Å². The molecule has 0 unspecified atom stereocenters. The maximum absolute atomic E-state index is 12.7. The predicted molar refractivity (Wildman–Crippen MR) is 107 cm³/mol. The molecule has 1 N–H and O–H groups in total. The van der Waals surface area contributed by atoms with E-state index < -0.39 is 5.92 Å². The van der Waals surface area contributed by atoms with E-state index in [-0.39, 0.29) is 10.8 Å². The maximum atomic E-state index is 12.7. The van der Waals surface area contributed by atoms with Crippen LogP contribution in [0.15, 0.2) is 51.2 Å². The Morgan fingerprint density at radius 2 is 2.08 bits per heavy atom. The number of halogens is 2. The number of carbonyl (C=O) groups excluding carboxylic acids is 1. The highest BCUT2D eigenvalue weighted by atomic mass is 35.5. The van der Waals surface area contributed by atoms with E-state index in [0.717, 1.165) is 11.8 Å². The number of nitrogens with zero attached hydrogens (tertiary/aromatic N) is 1. The molecule has 1 aliphatic heterocycles. The van der Waals surface area contributed by atoms with Gasteiger partial charge in [0.15, 0.2) is 5.78 Å². The first-order chi connectivity index (χ1) is 12.5. The van der Waals surface area contributed by atoms with Crippen LogP contribution < -0.4 is 0 Å². The Bertz CT molecular complexity index is 1040. The molecule has 130 valence electrons. The summed E-state index contributed by atoms with van der Waals surface area (Å²) in [7, 11) is 0. The summed E-state index contributed by atoms with van der Waals surface area (Å²) in [6, 6.07) is 8.67. The standard InChI is InChI=1S/C18H10Cl2N2O2S2/c19-9-1-3-12(20)11(7-9)13-4-2-10(24-13)8-14-16(23)15(17(21)26-14)18-22-5-6-25-18/h1-8,15,21H/b14-8-,21-17?/t15-/m1/s1. The number of furan rings is 1. The minimum absolute atomic E-state index is 0.131. The van der Waals surface area contributed by atoms with Gasteiger partial charge in [0.2, 0.25) is 0 Å². The van der Waals surface area contributed by atoms with Crippen LogP contribution in [-0.2, 0) is 4.79 Å². The fourth-order valence-electron chi connectivity index (χ4n) is 2.58. The Balaban J connectivity index is 1.64. The van der Waals surface area contributed by atoms with Crippen LogP contribution in [0.2, 0.25) is 10.0 Å². The molecule has 3 aromatic rings. The summed E-state index contributed by atoms with van der Waals surface area (Å²) in [5, 5.41) is 11.9. The van der Waals surface area contributed by atoms with E-state index >= 15 is 0 Å². The van der Waals surface area contributed by atoms with Crippen molar-refractivity contribution in [2.45, 2.75) is 5.92 Å². The molecule has 26 heavy (non-hydrogen) atoms. The lowest BCUT2D eigenvalue weighted by Crippen LogP contribution is -2.11. The first-order valence-corrected chi connectivity index (χ1v) is 9.95. The molecule has 1 atom stereocenters. The molecule has 4 rings (SSSR count). The number of carbonyl (C=O) groups is 1. The molecule has 1 saturated heterocycles. The summed E-state index contributed by atoms with van der Waals surface area (Å²) in [5.74, 6) is 0.336.